The Morgan fingerprint density at radius 2 is 2.00 bits per heavy atom. The van der Waals surface area contributed by atoms with Crippen LogP contribution in [0.15, 0.2) is 33.9 Å². The van der Waals surface area contributed by atoms with Gasteiger partial charge < -0.3 is 9.47 Å². The summed E-state index contributed by atoms with van der Waals surface area (Å²) in [7, 11) is -3.64. The molecule has 0 bridgehead atoms. The second kappa shape index (κ2) is 4.80. The SMILES string of the molecule is O=C1C[C@@H](NS(=O)(=O)c2cccs2)c2cc3c(cc21)OCO3. The molecular weight excluding hydrogens is 326 g/mol. The van der Waals surface area contributed by atoms with E-state index in [0.29, 0.717) is 22.6 Å². The van der Waals surface area contributed by atoms with Crippen LogP contribution in [0.4, 0.5) is 0 Å². The van der Waals surface area contributed by atoms with Gasteiger partial charge in [-0.1, -0.05) is 6.07 Å². The van der Waals surface area contributed by atoms with Crippen molar-refractivity contribution >= 4 is 27.1 Å². The number of carbonyl (C=O) groups excluding carboxylic acids is 1. The lowest BCUT2D eigenvalue weighted by molar-refractivity contribution is 0.0987. The predicted octanol–water partition coefficient (Wildman–Crippen LogP) is 2.08. The minimum absolute atomic E-state index is 0.100. The smallest absolute Gasteiger partial charge is 0.250 e. The summed E-state index contributed by atoms with van der Waals surface area (Å²) in [5.74, 6) is 0.954. The zero-order valence-electron chi connectivity index (χ0n) is 11.2. The summed E-state index contributed by atoms with van der Waals surface area (Å²) < 4.78 is 38.1. The summed E-state index contributed by atoms with van der Waals surface area (Å²) in [4.78, 5) is 12.1. The van der Waals surface area contributed by atoms with E-state index in [9.17, 15) is 13.2 Å². The van der Waals surface area contributed by atoms with E-state index in [1.165, 1.54) is 6.07 Å². The number of hydrogen-bond acceptors (Lipinski definition) is 6. The molecule has 22 heavy (non-hydrogen) atoms. The van der Waals surface area contributed by atoms with Crippen LogP contribution in [-0.4, -0.2) is 21.0 Å². The average molecular weight is 337 g/mol. The van der Waals surface area contributed by atoms with Crippen LogP contribution in [0.2, 0.25) is 0 Å². The molecule has 1 aliphatic carbocycles. The molecule has 1 atom stereocenters. The summed E-state index contributed by atoms with van der Waals surface area (Å²) >= 11 is 1.14. The first-order chi connectivity index (χ1) is 10.5. The van der Waals surface area contributed by atoms with Gasteiger partial charge in [-0.3, -0.25) is 4.79 Å². The van der Waals surface area contributed by atoms with Gasteiger partial charge >= 0.3 is 0 Å². The molecule has 1 aliphatic heterocycles. The molecule has 114 valence electrons. The van der Waals surface area contributed by atoms with Gasteiger partial charge in [0.15, 0.2) is 17.3 Å². The molecule has 2 heterocycles. The van der Waals surface area contributed by atoms with Crippen molar-refractivity contribution < 1.29 is 22.7 Å². The van der Waals surface area contributed by atoms with Crippen molar-refractivity contribution in [3.63, 3.8) is 0 Å². The molecule has 2 aromatic rings. The fraction of sp³-hybridized carbons (Fsp3) is 0.214. The fourth-order valence-electron chi connectivity index (χ4n) is 2.66. The molecule has 6 nitrogen and oxygen atoms in total. The van der Waals surface area contributed by atoms with Crippen LogP contribution in [0, 0.1) is 0 Å². The van der Waals surface area contributed by atoms with Crippen LogP contribution in [0.3, 0.4) is 0 Å². The Labute approximate surface area is 130 Å². The molecule has 0 amide bonds. The minimum Gasteiger partial charge on any atom is -0.454 e. The van der Waals surface area contributed by atoms with Gasteiger partial charge in [0.1, 0.15) is 4.21 Å². The van der Waals surface area contributed by atoms with Crippen molar-refractivity contribution in [1.82, 2.24) is 4.72 Å². The largest absolute Gasteiger partial charge is 0.454 e. The Bertz CT molecular complexity index is 858. The highest BCUT2D eigenvalue weighted by Gasteiger charge is 2.35. The van der Waals surface area contributed by atoms with E-state index in [-0.39, 0.29) is 23.2 Å². The predicted molar refractivity (Wildman–Crippen MR) is 78.9 cm³/mol. The molecule has 2 aliphatic rings. The number of ketones is 1. The Hall–Kier alpha value is -1.90. The normalized spacial score (nSPS) is 19.5. The summed E-state index contributed by atoms with van der Waals surface area (Å²) in [6, 6.07) is 5.93. The second-order valence-electron chi connectivity index (χ2n) is 5.03. The number of sulfonamides is 1. The molecule has 0 spiro atoms. The quantitative estimate of drug-likeness (QED) is 0.927. The van der Waals surface area contributed by atoms with E-state index < -0.39 is 16.1 Å². The van der Waals surface area contributed by atoms with E-state index in [4.69, 9.17) is 9.47 Å². The van der Waals surface area contributed by atoms with E-state index in [1.807, 2.05) is 0 Å². The Morgan fingerprint density at radius 3 is 2.73 bits per heavy atom. The summed E-state index contributed by atoms with van der Waals surface area (Å²) in [6.45, 7) is 0.109. The number of thiophene rings is 1. The van der Waals surface area contributed by atoms with Crippen LogP contribution in [0.5, 0.6) is 11.5 Å². The number of fused-ring (bicyclic) bond motifs is 2. The van der Waals surface area contributed by atoms with Crippen LogP contribution < -0.4 is 14.2 Å². The lowest BCUT2D eigenvalue weighted by Crippen LogP contribution is -2.27. The molecule has 0 saturated heterocycles. The van der Waals surface area contributed by atoms with Crippen LogP contribution in [0.25, 0.3) is 0 Å². The molecule has 0 unspecified atom stereocenters. The third-order valence-electron chi connectivity index (χ3n) is 3.67. The fourth-order valence-corrected chi connectivity index (χ4v) is 4.88. The maximum atomic E-state index is 12.3. The number of ether oxygens (including phenoxy) is 2. The molecule has 8 heteroatoms. The van der Waals surface area contributed by atoms with Gasteiger partial charge in [-0.2, -0.15) is 0 Å². The van der Waals surface area contributed by atoms with Gasteiger partial charge in [0.25, 0.3) is 10.0 Å². The lowest BCUT2D eigenvalue weighted by atomic mass is 10.1. The lowest BCUT2D eigenvalue weighted by Gasteiger charge is -2.13. The van der Waals surface area contributed by atoms with Crippen molar-refractivity contribution in [2.45, 2.75) is 16.7 Å². The van der Waals surface area contributed by atoms with Gasteiger partial charge in [-0.15, -0.1) is 11.3 Å². The molecule has 1 aromatic heterocycles. The minimum atomic E-state index is -3.64. The topological polar surface area (TPSA) is 81.7 Å². The number of Topliss-reactive ketones (excluding diaryl/α,β-unsaturated/α-hetero) is 1. The molecule has 0 fully saturated rings. The Morgan fingerprint density at radius 1 is 1.23 bits per heavy atom. The van der Waals surface area contributed by atoms with Crippen molar-refractivity contribution in [2.75, 3.05) is 6.79 Å². The number of hydrogen-bond donors (Lipinski definition) is 1. The van der Waals surface area contributed by atoms with Crippen LogP contribution in [0.1, 0.15) is 28.4 Å². The van der Waals surface area contributed by atoms with Crippen molar-refractivity contribution in [2.24, 2.45) is 0 Å². The van der Waals surface area contributed by atoms with E-state index in [1.54, 1.807) is 23.6 Å². The third kappa shape index (κ3) is 2.11. The van der Waals surface area contributed by atoms with Gasteiger partial charge in [-0.05, 0) is 29.1 Å². The monoisotopic (exact) mass is 337 g/mol. The standard InChI is InChI=1S/C14H11NO5S2/c16-11-6-10(15-22(17,18)14-2-1-3-21-14)8-4-12-13(5-9(8)11)20-7-19-12/h1-5,10,15H,6-7H2/t10-/m1/s1. The zero-order chi connectivity index (χ0) is 15.3. The maximum absolute atomic E-state index is 12.3. The first-order valence-electron chi connectivity index (χ1n) is 6.57. The maximum Gasteiger partial charge on any atom is 0.250 e. The Kier molecular flexibility index (Phi) is 3.00. The summed E-state index contributed by atoms with van der Waals surface area (Å²) in [5.41, 5.74) is 1.12. The first-order valence-corrected chi connectivity index (χ1v) is 8.93. The molecule has 0 radical (unpaired) electrons. The molecular formula is C14H11NO5S2. The molecule has 4 rings (SSSR count). The third-order valence-corrected chi connectivity index (χ3v) is 6.54. The summed E-state index contributed by atoms with van der Waals surface area (Å²) in [6.07, 6.45) is 0.100. The highest BCUT2D eigenvalue weighted by molar-refractivity contribution is 7.91. The molecule has 0 saturated carbocycles. The average Bonchev–Trinajstić information content (AvgIpc) is 3.19. The Balaban J connectivity index is 1.71. The number of rotatable bonds is 3. The van der Waals surface area contributed by atoms with Gasteiger partial charge in [0.2, 0.25) is 6.79 Å². The highest BCUT2D eigenvalue weighted by atomic mass is 32.2. The van der Waals surface area contributed by atoms with Crippen molar-refractivity contribution in [3.05, 3.63) is 40.8 Å². The highest BCUT2D eigenvalue weighted by Crippen LogP contribution is 2.42. The number of nitrogens with one attached hydrogen (secondary N) is 1. The van der Waals surface area contributed by atoms with Crippen LogP contribution in [-0.2, 0) is 10.0 Å². The second-order valence-corrected chi connectivity index (χ2v) is 7.91. The number of benzene rings is 1. The molecule has 1 N–H and O–H groups in total. The van der Waals surface area contributed by atoms with Gasteiger partial charge in [-0.25, -0.2) is 13.1 Å². The van der Waals surface area contributed by atoms with Gasteiger partial charge in [0, 0.05) is 12.0 Å². The van der Waals surface area contributed by atoms with E-state index in [2.05, 4.69) is 4.72 Å². The first kappa shape index (κ1) is 13.7. The van der Waals surface area contributed by atoms with E-state index in [0.717, 1.165) is 11.3 Å². The van der Waals surface area contributed by atoms with E-state index >= 15 is 0 Å². The van der Waals surface area contributed by atoms with Gasteiger partial charge in [0.05, 0.1) is 6.04 Å². The summed E-state index contributed by atoms with van der Waals surface area (Å²) in [5, 5.41) is 1.69. The van der Waals surface area contributed by atoms with Crippen molar-refractivity contribution in [1.29, 1.82) is 0 Å². The zero-order valence-corrected chi connectivity index (χ0v) is 12.9. The number of carbonyl (C=O) groups is 1. The van der Waals surface area contributed by atoms with Crippen LogP contribution >= 0.6 is 11.3 Å². The van der Waals surface area contributed by atoms with Crippen molar-refractivity contribution in [3.8, 4) is 11.5 Å². The molecule has 1 aromatic carbocycles.